The predicted octanol–water partition coefficient (Wildman–Crippen LogP) is 2.23. The molecule has 1 aliphatic rings. The summed E-state index contributed by atoms with van der Waals surface area (Å²) in [7, 11) is 0. The maximum atomic E-state index is 13.2. The molecule has 0 saturated carbocycles. The van der Waals surface area contributed by atoms with Crippen molar-refractivity contribution in [3.8, 4) is 0 Å². The van der Waals surface area contributed by atoms with E-state index >= 15 is 0 Å². The van der Waals surface area contributed by atoms with Crippen LogP contribution in [-0.2, 0) is 11.2 Å². The molecule has 0 unspecified atom stereocenters. The average Bonchev–Trinajstić information content (AvgIpc) is 2.67. The summed E-state index contributed by atoms with van der Waals surface area (Å²) < 4.78 is 13.2. The van der Waals surface area contributed by atoms with Crippen LogP contribution in [0.3, 0.4) is 0 Å². The van der Waals surface area contributed by atoms with Crippen molar-refractivity contribution in [3.05, 3.63) is 29.6 Å². The number of halogens is 1. The van der Waals surface area contributed by atoms with Crippen molar-refractivity contribution in [1.29, 1.82) is 0 Å². The van der Waals surface area contributed by atoms with Crippen LogP contribution >= 0.6 is 0 Å². The molecule has 98 valence electrons. The predicted molar refractivity (Wildman–Crippen MR) is 70.0 cm³/mol. The maximum Gasteiger partial charge on any atom is 0.227 e. The van der Waals surface area contributed by atoms with Gasteiger partial charge in [-0.1, -0.05) is 6.07 Å². The third kappa shape index (κ3) is 2.88. The first-order chi connectivity index (χ1) is 8.37. The molecule has 0 spiro atoms. The van der Waals surface area contributed by atoms with Gasteiger partial charge < -0.3 is 10.6 Å². The zero-order valence-corrected chi connectivity index (χ0v) is 10.9. The van der Waals surface area contributed by atoms with Crippen LogP contribution in [-0.4, -0.2) is 18.0 Å². The van der Waals surface area contributed by atoms with E-state index in [-0.39, 0.29) is 17.3 Å². The Bertz CT molecular complexity index is 465. The second-order valence-corrected chi connectivity index (χ2v) is 5.56. The lowest BCUT2D eigenvalue weighted by atomic mass is 10.00. The van der Waals surface area contributed by atoms with Crippen LogP contribution in [0.4, 0.5) is 10.1 Å². The number of carbonyl (C=O) groups is 1. The molecule has 3 nitrogen and oxygen atoms in total. The van der Waals surface area contributed by atoms with Gasteiger partial charge in [0.2, 0.25) is 5.91 Å². The van der Waals surface area contributed by atoms with E-state index in [1.165, 1.54) is 12.1 Å². The van der Waals surface area contributed by atoms with Gasteiger partial charge in [-0.15, -0.1) is 0 Å². The van der Waals surface area contributed by atoms with Crippen molar-refractivity contribution in [2.45, 2.75) is 38.6 Å². The number of hydrogen-bond donors (Lipinski definition) is 1. The van der Waals surface area contributed by atoms with Gasteiger partial charge in [-0.2, -0.15) is 0 Å². The summed E-state index contributed by atoms with van der Waals surface area (Å²) >= 11 is 0. The van der Waals surface area contributed by atoms with E-state index in [0.717, 1.165) is 17.7 Å². The van der Waals surface area contributed by atoms with Gasteiger partial charge in [0.15, 0.2) is 0 Å². The van der Waals surface area contributed by atoms with Crippen molar-refractivity contribution < 1.29 is 9.18 Å². The van der Waals surface area contributed by atoms with E-state index in [4.69, 9.17) is 5.73 Å². The molecule has 0 radical (unpaired) electrons. The van der Waals surface area contributed by atoms with Crippen molar-refractivity contribution in [2.24, 2.45) is 5.73 Å². The third-order valence-electron chi connectivity index (χ3n) is 3.23. The van der Waals surface area contributed by atoms with Gasteiger partial charge in [0.1, 0.15) is 5.82 Å². The SMILES string of the molecule is CC(C)(N)CCC(=O)N1CCc2ccc(F)cc21. The summed E-state index contributed by atoms with van der Waals surface area (Å²) in [4.78, 5) is 13.8. The van der Waals surface area contributed by atoms with Crippen LogP contribution in [0.2, 0.25) is 0 Å². The summed E-state index contributed by atoms with van der Waals surface area (Å²) in [5.74, 6) is -0.273. The number of rotatable bonds is 3. The fourth-order valence-corrected chi connectivity index (χ4v) is 2.18. The zero-order chi connectivity index (χ0) is 13.3. The molecule has 0 aliphatic carbocycles. The van der Waals surface area contributed by atoms with Crippen LogP contribution in [0.1, 0.15) is 32.3 Å². The molecule has 1 heterocycles. The molecule has 0 atom stereocenters. The highest BCUT2D eigenvalue weighted by atomic mass is 19.1. The highest BCUT2D eigenvalue weighted by molar-refractivity contribution is 5.95. The van der Waals surface area contributed by atoms with Crippen molar-refractivity contribution in [2.75, 3.05) is 11.4 Å². The monoisotopic (exact) mass is 250 g/mol. The van der Waals surface area contributed by atoms with E-state index in [2.05, 4.69) is 0 Å². The Morgan fingerprint density at radius 1 is 1.50 bits per heavy atom. The fraction of sp³-hybridized carbons (Fsp3) is 0.500. The Morgan fingerprint density at radius 3 is 2.89 bits per heavy atom. The summed E-state index contributed by atoms with van der Waals surface area (Å²) in [6, 6.07) is 4.63. The molecule has 18 heavy (non-hydrogen) atoms. The lowest BCUT2D eigenvalue weighted by Gasteiger charge is -2.21. The van der Waals surface area contributed by atoms with Crippen LogP contribution in [0, 0.1) is 5.82 Å². The molecule has 1 aliphatic heterocycles. The molecule has 2 N–H and O–H groups in total. The summed E-state index contributed by atoms with van der Waals surface area (Å²) in [6.07, 6.45) is 1.83. The largest absolute Gasteiger partial charge is 0.326 e. The number of benzene rings is 1. The Morgan fingerprint density at radius 2 is 2.22 bits per heavy atom. The normalized spacial score (nSPS) is 14.8. The minimum absolute atomic E-state index is 0.0258. The zero-order valence-electron chi connectivity index (χ0n) is 10.9. The smallest absolute Gasteiger partial charge is 0.227 e. The second kappa shape index (κ2) is 4.69. The highest BCUT2D eigenvalue weighted by Gasteiger charge is 2.25. The topological polar surface area (TPSA) is 46.3 Å². The van der Waals surface area contributed by atoms with Gasteiger partial charge in [0, 0.05) is 24.2 Å². The van der Waals surface area contributed by atoms with Gasteiger partial charge in [0.05, 0.1) is 0 Å². The summed E-state index contributed by atoms with van der Waals surface area (Å²) in [6.45, 7) is 4.44. The molecule has 0 saturated heterocycles. The fourth-order valence-electron chi connectivity index (χ4n) is 2.18. The first-order valence-electron chi connectivity index (χ1n) is 6.24. The van der Waals surface area contributed by atoms with E-state index < -0.39 is 0 Å². The Hall–Kier alpha value is -1.42. The lowest BCUT2D eigenvalue weighted by Crippen LogP contribution is -2.35. The lowest BCUT2D eigenvalue weighted by molar-refractivity contribution is -0.118. The first-order valence-corrected chi connectivity index (χ1v) is 6.24. The standard InChI is InChI=1S/C14H19FN2O/c1-14(2,16)7-5-13(18)17-8-6-10-3-4-11(15)9-12(10)17/h3-4,9H,5-8,16H2,1-2H3. The average molecular weight is 250 g/mol. The van der Waals surface area contributed by atoms with Gasteiger partial charge in [-0.25, -0.2) is 4.39 Å². The summed E-state index contributed by atoms with van der Waals surface area (Å²) in [5.41, 5.74) is 7.28. The van der Waals surface area contributed by atoms with Gasteiger partial charge in [0.25, 0.3) is 0 Å². The molecular formula is C14H19FN2O. The molecule has 1 aromatic carbocycles. The highest BCUT2D eigenvalue weighted by Crippen LogP contribution is 2.29. The second-order valence-electron chi connectivity index (χ2n) is 5.56. The minimum atomic E-state index is -0.347. The van der Waals surface area contributed by atoms with Crippen molar-refractivity contribution in [1.82, 2.24) is 0 Å². The number of hydrogen-bond acceptors (Lipinski definition) is 2. The molecule has 2 rings (SSSR count). The molecular weight excluding hydrogens is 231 g/mol. The van der Waals surface area contributed by atoms with Gasteiger partial charge in [-0.05, 0) is 44.4 Å². The van der Waals surface area contributed by atoms with Crippen LogP contribution in [0.5, 0.6) is 0 Å². The van der Waals surface area contributed by atoms with Crippen LogP contribution in [0.25, 0.3) is 0 Å². The Kier molecular flexibility index (Phi) is 3.39. The minimum Gasteiger partial charge on any atom is -0.326 e. The Balaban J connectivity index is 2.09. The van der Waals surface area contributed by atoms with Crippen LogP contribution in [0.15, 0.2) is 18.2 Å². The molecule has 0 bridgehead atoms. The maximum absolute atomic E-state index is 13.2. The molecule has 0 aromatic heterocycles. The third-order valence-corrected chi connectivity index (χ3v) is 3.23. The molecule has 0 fully saturated rings. The van der Waals surface area contributed by atoms with Crippen molar-refractivity contribution >= 4 is 11.6 Å². The van der Waals surface area contributed by atoms with E-state index in [1.807, 2.05) is 13.8 Å². The first kappa shape index (κ1) is 13.0. The van der Waals surface area contributed by atoms with E-state index in [0.29, 0.717) is 19.4 Å². The Labute approximate surface area is 107 Å². The van der Waals surface area contributed by atoms with Gasteiger partial charge >= 0.3 is 0 Å². The molecule has 1 aromatic rings. The quantitative estimate of drug-likeness (QED) is 0.894. The van der Waals surface area contributed by atoms with Gasteiger partial charge in [-0.3, -0.25) is 4.79 Å². The number of amides is 1. The number of anilines is 1. The molecule has 1 amide bonds. The number of nitrogens with two attached hydrogens (primary N) is 1. The number of carbonyl (C=O) groups excluding carboxylic acids is 1. The number of fused-ring (bicyclic) bond motifs is 1. The number of nitrogens with zero attached hydrogens (tertiary/aromatic N) is 1. The van der Waals surface area contributed by atoms with E-state index in [1.54, 1.807) is 11.0 Å². The van der Waals surface area contributed by atoms with Crippen molar-refractivity contribution in [3.63, 3.8) is 0 Å². The molecule has 4 heteroatoms. The van der Waals surface area contributed by atoms with E-state index in [9.17, 15) is 9.18 Å². The van der Waals surface area contributed by atoms with Crippen LogP contribution < -0.4 is 10.6 Å². The summed E-state index contributed by atoms with van der Waals surface area (Å²) in [5, 5.41) is 0.